The summed E-state index contributed by atoms with van der Waals surface area (Å²) in [5.74, 6) is 2.85. The monoisotopic (exact) mass is 363 g/mol. The molecule has 0 N–H and O–H groups in total. The van der Waals surface area contributed by atoms with Crippen molar-refractivity contribution in [3.63, 3.8) is 0 Å². The standard InChI is InChI=1S/C18H21N9/c1-2-15-22-23-18-17(20-6-10-26(15)18)25-9-3-8-24(12-13-25)16-14-4-5-21-27(14)11-7-19-16/h4-7,10-11H,2-3,8-9,12-13H2,1H3. The Bertz CT molecular complexity index is 1080. The van der Waals surface area contributed by atoms with Crippen LogP contribution in [0.4, 0.5) is 11.6 Å². The topological polar surface area (TPSA) is 79.8 Å². The molecule has 0 radical (unpaired) electrons. The fraction of sp³-hybridized carbons (Fsp3) is 0.389. The van der Waals surface area contributed by atoms with E-state index in [1.807, 2.05) is 46.0 Å². The van der Waals surface area contributed by atoms with Crippen molar-refractivity contribution in [2.45, 2.75) is 19.8 Å². The predicted molar refractivity (Wildman–Crippen MR) is 102 cm³/mol. The molecule has 0 aromatic carbocycles. The van der Waals surface area contributed by atoms with E-state index >= 15 is 0 Å². The maximum atomic E-state index is 4.61. The third-order valence-corrected chi connectivity index (χ3v) is 5.09. The third-order valence-electron chi connectivity index (χ3n) is 5.09. The molecule has 1 fully saturated rings. The number of aryl methyl sites for hydroxylation is 1. The van der Waals surface area contributed by atoms with Crippen molar-refractivity contribution in [2.75, 3.05) is 36.0 Å². The molecule has 1 saturated heterocycles. The smallest absolute Gasteiger partial charge is 0.203 e. The van der Waals surface area contributed by atoms with Gasteiger partial charge >= 0.3 is 0 Å². The van der Waals surface area contributed by atoms with E-state index < -0.39 is 0 Å². The lowest BCUT2D eigenvalue weighted by molar-refractivity contribution is 0.791. The molecule has 0 saturated carbocycles. The minimum absolute atomic E-state index is 0.832. The summed E-state index contributed by atoms with van der Waals surface area (Å²) in [6, 6.07) is 2.01. The molecule has 0 unspecified atom stereocenters. The number of fused-ring (bicyclic) bond motifs is 2. The van der Waals surface area contributed by atoms with Crippen molar-refractivity contribution in [1.29, 1.82) is 0 Å². The van der Waals surface area contributed by atoms with Gasteiger partial charge in [0.05, 0.1) is 6.20 Å². The highest BCUT2D eigenvalue weighted by Gasteiger charge is 2.21. The number of aromatic nitrogens is 7. The van der Waals surface area contributed by atoms with Crippen molar-refractivity contribution in [2.24, 2.45) is 0 Å². The maximum Gasteiger partial charge on any atom is 0.203 e. The Balaban J connectivity index is 1.44. The summed E-state index contributed by atoms with van der Waals surface area (Å²) in [5.41, 5.74) is 1.87. The van der Waals surface area contributed by atoms with E-state index in [1.165, 1.54) is 0 Å². The van der Waals surface area contributed by atoms with Crippen molar-refractivity contribution in [3.8, 4) is 0 Å². The van der Waals surface area contributed by atoms with Crippen molar-refractivity contribution >= 4 is 22.8 Å². The average molecular weight is 363 g/mol. The molecule has 0 amide bonds. The van der Waals surface area contributed by atoms with E-state index in [0.29, 0.717) is 0 Å². The lowest BCUT2D eigenvalue weighted by Gasteiger charge is -2.23. The van der Waals surface area contributed by atoms with E-state index in [4.69, 9.17) is 0 Å². The Morgan fingerprint density at radius 2 is 1.67 bits per heavy atom. The van der Waals surface area contributed by atoms with Gasteiger partial charge in [-0.05, 0) is 12.5 Å². The predicted octanol–water partition coefficient (Wildman–Crippen LogP) is 1.45. The summed E-state index contributed by atoms with van der Waals surface area (Å²) in [7, 11) is 0. The van der Waals surface area contributed by atoms with Gasteiger partial charge in [-0.1, -0.05) is 6.92 Å². The Morgan fingerprint density at radius 3 is 2.52 bits per heavy atom. The van der Waals surface area contributed by atoms with Crippen molar-refractivity contribution in [1.82, 2.24) is 34.2 Å². The Kier molecular flexibility index (Phi) is 3.84. The lowest BCUT2D eigenvalue weighted by Crippen LogP contribution is -2.32. The zero-order valence-corrected chi connectivity index (χ0v) is 15.2. The summed E-state index contributed by atoms with van der Waals surface area (Å²) in [5, 5.41) is 13.0. The van der Waals surface area contributed by atoms with Crippen LogP contribution in [0.15, 0.2) is 37.1 Å². The normalized spacial score (nSPS) is 15.6. The van der Waals surface area contributed by atoms with Crippen LogP contribution in [0.2, 0.25) is 0 Å². The molecule has 138 valence electrons. The van der Waals surface area contributed by atoms with Gasteiger partial charge in [0.1, 0.15) is 11.3 Å². The highest BCUT2D eigenvalue weighted by molar-refractivity contribution is 5.69. The SMILES string of the molecule is CCc1nnc2c(N3CCCN(c4nccn5nccc45)CC3)nccn12. The van der Waals surface area contributed by atoms with Gasteiger partial charge in [-0.15, -0.1) is 10.2 Å². The first-order chi connectivity index (χ1) is 13.3. The summed E-state index contributed by atoms with van der Waals surface area (Å²) in [4.78, 5) is 13.9. The van der Waals surface area contributed by atoms with Crippen LogP contribution < -0.4 is 9.80 Å². The van der Waals surface area contributed by atoms with Gasteiger partial charge in [-0.2, -0.15) is 5.10 Å². The van der Waals surface area contributed by atoms with Crippen LogP contribution in [0, 0.1) is 0 Å². The molecule has 4 aromatic rings. The third kappa shape index (κ3) is 2.66. The van der Waals surface area contributed by atoms with Crippen LogP contribution in [0.1, 0.15) is 19.2 Å². The van der Waals surface area contributed by atoms with Gasteiger partial charge in [-0.25, -0.2) is 14.5 Å². The molecule has 4 aromatic heterocycles. The second-order valence-corrected chi connectivity index (χ2v) is 6.65. The fourth-order valence-electron chi connectivity index (χ4n) is 3.75. The van der Waals surface area contributed by atoms with Gasteiger partial charge in [0.15, 0.2) is 11.6 Å². The quantitative estimate of drug-likeness (QED) is 0.545. The van der Waals surface area contributed by atoms with Crippen LogP contribution in [0.5, 0.6) is 0 Å². The fourth-order valence-corrected chi connectivity index (χ4v) is 3.75. The summed E-state index contributed by atoms with van der Waals surface area (Å²) < 4.78 is 3.91. The Labute approximate surface area is 156 Å². The van der Waals surface area contributed by atoms with E-state index in [2.05, 4.69) is 42.0 Å². The zero-order valence-electron chi connectivity index (χ0n) is 15.2. The molecule has 0 bridgehead atoms. The molecule has 1 aliphatic rings. The van der Waals surface area contributed by atoms with E-state index in [0.717, 1.165) is 67.6 Å². The minimum atomic E-state index is 0.832. The van der Waals surface area contributed by atoms with Crippen LogP contribution in [-0.2, 0) is 6.42 Å². The van der Waals surface area contributed by atoms with Gasteiger partial charge < -0.3 is 9.80 Å². The number of hydrogen-bond donors (Lipinski definition) is 0. The minimum Gasteiger partial charge on any atom is -0.353 e. The highest BCUT2D eigenvalue weighted by atomic mass is 15.3. The highest BCUT2D eigenvalue weighted by Crippen LogP contribution is 2.23. The summed E-state index contributed by atoms with van der Waals surface area (Å²) in [6.07, 6.45) is 11.1. The Morgan fingerprint density at radius 1 is 0.889 bits per heavy atom. The molecule has 0 atom stereocenters. The molecule has 1 aliphatic heterocycles. The molecule has 9 nitrogen and oxygen atoms in total. The zero-order chi connectivity index (χ0) is 18.2. The average Bonchev–Trinajstić information content (AvgIpc) is 3.28. The van der Waals surface area contributed by atoms with Crippen molar-refractivity contribution < 1.29 is 0 Å². The number of hydrogen-bond acceptors (Lipinski definition) is 7. The Hall–Kier alpha value is -3.23. The molecule has 27 heavy (non-hydrogen) atoms. The number of anilines is 2. The van der Waals surface area contributed by atoms with Crippen LogP contribution in [0.3, 0.4) is 0 Å². The van der Waals surface area contributed by atoms with Gasteiger partial charge in [0.2, 0.25) is 5.65 Å². The lowest BCUT2D eigenvalue weighted by atomic mass is 10.3. The van der Waals surface area contributed by atoms with Crippen LogP contribution in [0.25, 0.3) is 11.2 Å². The molecular formula is C18H21N9. The summed E-state index contributed by atoms with van der Waals surface area (Å²) in [6.45, 7) is 5.70. The first kappa shape index (κ1) is 16.0. The number of nitrogens with zero attached hydrogens (tertiary/aromatic N) is 9. The molecular weight excluding hydrogens is 342 g/mol. The van der Waals surface area contributed by atoms with E-state index in [9.17, 15) is 0 Å². The molecule has 5 heterocycles. The van der Waals surface area contributed by atoms with Gasteiger partial charge in [-0.3, -0.25) is 4.40 Å². The molecule has 0 aliphatic carbocycles. The largest absolute Gasteiger partial charge is 0.353 e. The first-order valence-corrected chi connectivity index (χ1v) is 9.32. The van der Waals surface area contributed by atoms with Crippen LogP contribution in [-0.4, -0.2) is 60.4 Å². The first-order valence-electron chi connectivity index (χ1n) is 9.32. The second kappa shape index (κ2) is 6.49. The van der Waals surface area contributed by atoms with E-state index in [-0.39, 0.29) is 0 Å². The summed E-state index contributed by atoms with van der Waals surface area (Å²) >= 11 is 0. The van der Waals surface area contributed by atoms with Crippen LogP contribution >= 0.6 is 0 Å². The van der Waals surface area contributed by atoms with Crippen molar-refractivity contribution in [3.05, 3.63) is 42.9 Å². The van der Waals surface area contributed by atoms with Gasteiger partial charge in [0, 0.05) is 57.4 Å². The number of rotatable bonds is 3. The maximum absolute atomic E-state index is 4.61. The molecule has 9 heteroatoms. The molecule has 0 spiro atoms. The van der Waals surface area contributed by atoms with Gasteiger partial charge in [0.25, 0.3) is 0 Å². The second-order valence-electron chi connectivity index (χ2n) is 6.65. The molecule has 5 rings (SSSR count). The van der Waals surface area contributed by atoms with E-state index in [1.54, 1.807) is 0 Å².